The van der Waals surface area contributed by atoms with E-state index in [1.165, 1.54) is 25.7 Å². The van der Waals surface area contributed by atoms with Gasteiger partial charge in [-0.3, -0.25) is 9.80 Å². The molecule has 4 N–H and O–H groups in total. The molecule has 3 aliphatic heterocycles. The maximum absolute atomic E-state index is 12.2. The normalized spacial score (nSPS) is 18.4. The average Bonchev–Trinajstić information content (AvgIpc) is 2.85. The predicted octanol–water partition coefficient (Wildman–Crippen LogP) is 4.18. The topological polar surface area (TPSA) is 134 Å². The SMILES string of the molecule is N#Cc1c(N)nc2c(c1N)Cc1cc(CN3CCCCC3)c(N=O)c(CN3CCCCC3)c1O2. The highest BCUT2D eigenvalue weighted by Gasteiger charge is 2.30. The molecule has 0 radical (unpaired) electrons. The van der Waals surface area contributed by atoms with Crippen molar-refractivity contribution in [3.63, 3.8) is 0 Å². The lowest BCUT2D eigenvalue weighted by Crippen LogP contribution is -2.31. The number of pyridine rings is 1. The maximum Gasteiger partial charge on any atom is 0.226 e. The van der Waals surface area contributed by atoms with Crippen LogP contribution in [0, 0.1) is 16.2 Å². The second-order valence-corrected chi connectivity index (χ2v) is 9.58. The number of ether oxygens (including phenoxy) is 1. The van der Waals surface area contributed by atoms with Gasteiger partial charge in [-0.2, -0.15) is 10.2 Å². The first kappa shape index (κ1) is 22.6. The third kappa shape index (κ3) is 4.19. The Morgan fingerprint density at radius 1 is 1.03 bits per heavy atom. The van der Waals surface area contributed by atoms with Crippen LogP contribution in [0.4, 0.5) is 17.2 Å². The maximum atomic E-state index is 12.2. The van der Waals surface area contributed by atoms with Crippen molar-refractivity contribution in [2.45, 2.75) is 58.0 Å². The predicted molar refractivity (Wildman–Crippen MR) is 131 cm³/mol. The second-order valence-electron chi connectivity index (χ2n) is 9.58. The highest BCUT2D eigenvalue weighted by molar-refractivity contribution is 5.74. The van der Waals surface area contributed by atoms with Crippen molar-refractivity contribution in [3.05, 3.63) is 38.8 Å². The smallest absolute Gasteiger partial charge is 0.226 e. The molecule has 1 aromatic heterocycles. The van der Waals surface area contributed by atoms with Gasteiger partial charge in [0.2, 0.25) is 5.88 Å². The van der Waals surface area contributed by atoms with E-state index in [-0.39, 0.29) is 11.4 Å². The number of piperidine rings is 2. The van der Waals surface area contributed by atoms with Crippen molar-refractivity contribution in [2.24, 2.45) is 5.18 Å². The summed E-state index contributed by atoms with van der Waals surface area (Å²) in [6.45, 7) is 5.32. The minimum absolute atomic E-state index is 0.0511. The number of nitriles is 1. The first-order valence-corrected chi connectivity index (χ1v) is 12.2. The molecule has 2 aromatic rings. The summed E-state index contributed by atoms with van der Waals surface area (Å²) >= 11 is 0. The van der Waals surface area contributed by atoms with Crippen molar-refractivity contribution in [3.8, 4) is 17.7 Å². The summed E-state index contributed by atoms with van der Waals surface area (Å²) in [6.07, 6.45) is 7.59. The van der Waals surface area contributed by atoms with E-state index < -0.39 is 0 Å². The molecule has 0 unspecified atom stereocenters. The van der Waals surface area contributed by atoms with Crippen molar-refractivity contribution in [2.75, 3.05) is 37.6 Å². The van der Waals surface area contributed by atoms with E-state index in [1.54, 1.807) is 0 Å². The molecule has 178 valence electrons. The van der Waals surface area contributed by atoms with Gasteiger partial charge in [-0.15, -0.1) is 4.91 Å². The van der Waals surface area contributed by atoms with E-state index in [2.05, 4.69) is 20.0 Å². The number of rotatable bonds is 5. The molecular formula is C25H31N7O2. The summed E-state index contributed by atoms with van der Waals surface area (Å²) in [5.41, 5.74) is 16.6. The number of nitroso groups, excluding NO2 is 1. The van der Waals surface area contributed by atoms with Crippen LogP contribution in [0.2, 0.25) is 0 Å². The fraction of sp³-hybridized carbons (Fsp3) is 0.520. The van der Waals surface area contributed by atoms with Crippen LogP contribution in [-0.2, 0) is 19.5 Å². The Morgan fingerprint density at radius 2 is 1.68 bits per heavy atom. The molecule has 2 fully saturated rings. The number of aromatic nitrogens is 1. The van der Waals surface area contributed by atoms with Gasteiger partial charge in [0, 0.05) is 36.2 Å². The zero-order chi connectivity index (χ0) is 23.7. The standard InChI is InChI=1S/C25H31N7O2/c26-13-19-21(27)18-12-16-11-17(14-31-7-3-1-4-8-31)22(30-33)20(15-32-9-5-2-6-10-32)23(16)34-25(18)29-24(19)28/h11H,1-10,12,14-15H2,(H4,27,28,29). The molecule has 4 heterocycles. The van der Waals surface area contributed by atoms with E-state index in [0.717, 1.165) is 55.7 Å². The Bertz CT molecular complexity index is 1150. The summed E-state index contributed by atoms with van der Waals surface area (Å²) in [5, 5.41) is 13.0. The van der Waals surface area contributed by atoms with Gasteiger partial charge in [-0.1, -0.05) is 12.8 Å². The summed E-state index contributed by atoms with van der Waals surface area (Å²) in [5.74, 6) is 0.989. The molecule has 0 saturated carbocycles. The minimum atomic E-state index is 0.0511. The van der Waals surface area contributed by atoms with Crippen LogP contribution < -0.4 is 16.2 Å². The van der Waals surface area contributed by atoms with Crippen molar-refractivity contribution < 1.29 is 4.74 Å². The highest BCUT2D eigenvalue weighted by atomic mass is 16.5. The number of hydrogen-bond donors (Lipinski definition) is 2. The van der Waals surface area contributed by atoms with Gasteiger partial charge < -0.3 is 16.2 Å². The van der Waals surface area contributed by atoms with E-state index in [9.17, 15) is 10.2 Å². The van der Waals surface area contributed by atoms with E-state index >= 15 is 0 Å². The lowest BCUT2D eigenvalue weighted by atomic mass is 9.92. The van der Waals surface area contributed by atoms with Crippen LogP contribution >= 0.6 is 0 Å². The molecule has 2 saturated heterocycles. The lowest BCUT2D eigenvalue weighted by Gasteiger charge is -2.31. The van der Waals surface area contributed by atoms with Crippen molar-refractivity contribution in [1.29, 1.82) is 5.26 Å². The molecule has 0 aliphatic carbocycles. The average molecular weight is 462 g/mol. The van der Waals surface area contributed by atoms with Gasteiger partial charge in [0.15, 0.2) is 0 Å². The summed E-state index contributed by atoms with van der Waals surface area (Å²) in [4.78, 5) is 21.3. The number of nitrogen functional groups attached to an aromatic ring is 2. The lowest BCUT2D eigenvalue weighted by molar-refractivity contribution is 0.216. The number of nitrogens with two attached hydrogens (primary N) is 2. The number of hydrogen-bond acceptors (Lipinski definition) is 9. The molecule has 0 atom stereocenters. The van der Waals surface area contributed by atoms with Gasteiger partial charge in [0.25, 0.3) is 0 Å². The van der Waals surface area contributed by atoms with Crippen LogP contribution in [0.3, 0.4) is 0 Å². The molecule has 3 aliphatic rings. The Morgan fingerprint density at radius 3 is 2.29 bits per heavy atom. The van der Waals surface area contributed by atoms with Gasteiger partial charge in [-0.05, 0) is 68.7 Å². The van der Waals surface area contributed by atoms with Crippen LogP contribution in [0.15, 0.2) is 11.2 Å². The highest BCUT2D eigenvalue weighted by Crippen LogP contribution is 2.46. The zero-order valence-corrected chi connectivity index (χ0v) is 19.5. The Hall–Kier alpha value is -3.22. The van der Waals surface area contributed by atoms with Crippen LogP contribution in [0.25, 0.3) is 0 Å². The van der Waals surface area contributed by atoms with E-state index in [0.29, 0.717) is 48.1 Å². The monoisotopic (exact) mass is 461 g/mol. The largest absolute Gasteiger partial charge is 0.438 e. The molecule has 5 rings (SSSR count). The molecule has 1 aromatic carbocycles. The van der Waals surface area contributed by atoms with Gasteiger partial charge >= 0.3 is 0 Å². The zero-order valence-electron chi connectivity index (χ0n) is 19.5. The summed E-state index contributed by atoms with van der Waals surface area (Å²) < 4.78 is 6.28. The van der Waals surface area contributed by atoms with Gasteiger partial charge in [-0.25, -0.2) is 0 Å². The van der Waals surface area contributed by atoms with Crippen LogP contribution in [0.1, 0.15) is 66.3 Å². The third-order valence-corrected chi connectivity index (χ3v) is 7.28. The summed E-state index contributed by atoms with van der Waals surface area (Å²) in [6, 6.07) is 4.08. The molecule has 9 nitrogen and oxygen atoms in total. The number of benzene rings is 1. The number of fused-ring (bicyclic) bond motifs is 2. The molecular weight excluding hydrogens is 430 g/mol. The number of likely N-dealkylation sites (tertiary alicyclic amines) is 2. The fourth-order valence-electron chi connectivity index (χ4n) is 5.48. The van der Waals surface area contributed by atoms with Gasteiger partial charge in [0.05, 0.1) is 5.69 Å². The van der Waals surface area contributed by atoms with Crippen LogP contribution in [0.5, 0.6) is 11.6 Å². The molecule has 34 heavy (non-hydrogen) atoms. The fourth-order valence-corrected chi connectivity index (χ4v) is 5.48. The quantitative estimate of drug-likeness (QED) is 0.540. The van der Waals surface area contributed by atoms with E-state index in [4.69, 9.17) is 16.2 Å². The first-order valence-electron chi connectivity index (χ1n) is 12.2. The molecule has 9 heteroatoms. The van der Waals surface area contributed by atoms with Crippen molar-refractivity contribution >= 4 is 17.2 Å². The minimum Gasteiger partial charge on any atom is -0.438 e. The van der Waals surface area contributed by atoms with Gasteiger partial charge in [0.1, 0.15) is 28.9 Å². The van der Waals surface area contributed by atoms with Crippen molar-refractivity contribution in [1.82, 2.24) is 14.8 Å². The second kappa shape index (κ2) is 9.57. The molecule has 0 amide bonds. The number of anilines is 2. The Labute approximate surface area is 199 Å². The third-order valence-electron chi connectivity index (χ3n) is 7.28. The van der Waals surface area contributed by atoms with Crippen LogP contribution in [-0.4, -0.2) is 41.0 Å². The molecule has 0 spiro atoms. The first-order chi connectivity index (χ1) is 16.6. The number of nitrogens with zero attached hydrogens (tertiary/aromatic N) is 5. The summed E-state index contributed by atoms with van der Waals surface area (Å²) in [7, 11) is 0. The molecule has 0 bridgehead atoms. The Kier molecular flexibility index (Phi) is 6.35. The Balaban J connectivity index is 1.59. The van der Waals surface area contributed by atoms with E-state index in [1.807, 2.05) is 12.1 Å².